The molecule has 0 amide bonds. The summed E-state index contributed by atoms with van der Waals surface area (Å²) in [6.07, 6.45) is 3.79. The van der Waals surface area contributed by atoms with Gasteiger partial charge in [-0.15, -0.1) is 11.3 Å². The molecule has 2 heterocycles. The van der Waals surface area contributed by atoms with Crippen LogP contribution in [-0.4, -0.2) is 16.0 Å². The van der Waals surface area contributed by atoms with E-state index in [0.717, 1.165) is 28.9 Å². The summed E-state index contributed by atoms with van der Waals surface area (Å²) in [5.41, 5.74) is 0. The van der Waals surface area contributed by atoms with Gasteiger partial charge in [-0.05, 0) is 25.8 Å². The lowest BCUT2D eigenvalue weighted by atomic mass is 10.2. The maximum Gasteiger partial charge on any atom is 0.138 e. The molecule has 0 aliphatic rings. The fourth-order valence-corrected chi connectivity index (χ4v) is 2.47. The van der Waals surface area contributed by atoms with Crippen molar-refractivity contribution in [2.24, 2.45) is 0 Å². The van der Waals surface area contributed by atoms with E-state index in [9.17, 15) is 0 Å². The van der Waals surface area contributed by atoms with Crippen LogP contribution in [0.15, 0.2) is 12.4 Å². The quantitative estimate of drug-likeness (QED) is 0.881. The number of hydrogen-bond donors (Lipinski definition) is 1. The van der Waals surface area contributed by atoms with Crippen LogP contribution < -0.4 is 5.32 Å². The van der Waals surface area contributed by atoms with E-state index in [1.165, 1.54) is 4.88 Å². The van der Waals surface area contributed by atoms with Gasteiger partial charge < -0.3 is 5.32 Å². The van der Waals surface area contributed by atoms with Crippen LogP contribution >= 0.6 is 11.3 Å². The van der Waals surface area contributed by atoms with E-state index in [1.807, 2.05) is 0 Å². The van der Waals surface area contributed by atoms with E-state index >= 15 is 0 Å². The molecule has 0 aliphatic carbocycles. The fraction of sp³-hybridized carbons (Fsp3) is 0.500. The van der Waals surface area contributed by atoms with Gasteiger partial charge in [-0.1, -0.05) is 13.8 Å². The summed E-state index contributed by atoms with van der Waals surface area (Å²) in [5, 5.41) is 4.58. The second kappa shape index (κ2) is 4.78. The molecule has 2 rings (SSSR count). The first-order valence-electron chi connectivity index (χ1n) is 5.74. The topological polar surface area (TPSA) is 37.8 Å². The van der Waals surface area contributed by atoms with Crippen LogP contribution in [0.1, 0.15) is 32.1 Å². The lowest BCUT2D eigenvalue weighted by molar-refractivity contribution is 0.760. The number of aryl methyl sites for hydroxylation is 1. The molecule has 1 unspecified atom stereocenters. The molecular weight excluding hydrogens is 218 g/mol. The maximum absolute atomic E-state index is 4.33. The second-order valence-electron chi connectivity index (χ2n) is 3.96. The minimum absolute atomic E-state index is 0.447. The van der Waals surface area contributed by atoms with Gasteiger partial charge in [0, 0.05) is 10.9 Å². The predicted octanol–water partition coefficient (Wildman–Crippen LogP) is 3.46. The molecule has 86 valence electrons. The third kappa shape index (κ3) is 2.16. The van der Waals surface area contributed by atoms with E-state index in [-0.39, 0.29) is 0 Å². The number of aromatic nitrogens is 2. The van der Waals surface area contributed by atoms with Gasteiger partial charge in [-0.2, -0.15) is 0 Å². The van der Waals surface area contributed by atoms with Gasteiger partial charge in [0.1, 0.15) is 17.0 Å². The molecule has 2 aromatic heterocycles. The first-order valence-corrected chi connectivity index (χ1v) is 6.56. The van der Waals surface area contributed by atoms with Crippen LogP contribution in [0.2, 0.25) is 0 Å². The summed E-state index contributed by atoms with van der Waals surface area (Å²) in [6.45, 7) is 6.50. The molecule has 0 radical (unpaired) electrons. The van der Waals surface area contributed by atoms with Crippen molar-refractivity contribution < 1.29 is 0 Å². The van der Waals surface area contributed by atoms with Crippen molar-refractivity contribution in [3.63, 3.8) is 0 Å². The first-order chi connectivity index (χ1) is 7.74. The highest BCUT2D eigenvalue weighted by molar-refractivity contribution is 7.18. The normalized spacial score (nSPS) is 12.9. The van der Waals surface area contributed by atoms with Crippen LogP contribution in [0.3, 0.4) is 0 Å². The zero-order valence-electron chi connectivity index (χ0n) is 9.95. The number of hydrogen-bond acceptors (Lipinski definition) is 4. The van der Waals surface area contributed by atoms with Crippen molar-refractivity contribution in [3.8, 4) is 0 Å². The highest BCUT2D eigenvalue weighted by atomic mass is 32.1. The Bertz CT molecular complexity index is 478. The third-order valence-electron chi connectivity index (χ3n) is 2.72. The van der Waals surface area contributed by atoms with Crippen molar-refractivity contribution in [1.29, 1.82) is 0 Å². The van der Waals surface area contributed by atoms with E-state index < -0.39 is 0 Å². The highest BCUT2D eigenvalue weighted by Gasteiger charge is 2.09. The number of anilines is 1. The average molecular weight is 235 g/mol. The molecule has 16 heavy (non-hydrogen) atoms. The lowest BCUT2D eigenvalue weighted by Gasteiger charge is -2.12. The van der Waals surface area contributed by atoms with Crippen molar-refractivity contribution >= 4 is 27.4 Å². The van der Waals surface area contributed by atoms with Crippen LogP contribution in [-0.2, 0) is 6.42 Å². The highest BCUT2D eigenvalue weighted by Crippen LogP contribution is 2.28. The summed E-state index contributed by atoms with van der Waals surface area (Å²) in [7, 11) is 0. The Morgan fingerprint density at radius 2 is 2.19 bits per heavy atom. The second-order valence-corrected chi connectivity index (χ2v) is 5.08. The molecule has 0 aromatic carbocycles. The summed E-state index contributed by atoms with van der Waals surface area (Å²) >= 11 is 1.76. The largest absolute Gasteiger partial charge is 0.367 e. The summed E-state index contributed by atoms with van der Waals surface area (Å²) < 4.78 is 0. The van der Waals surface area contributed by atoms with Crippen molar-refractivity contribution in [1.82, 2.24) is 9.97 Å². The van der Waals surface area contributed by atoms with E-state index in [4.69, 9.17) is 0 Å². The standard InChI is InChI=1S/C12H17N3S/c1-4-8(3)15-11-10-6-9(5-2)16-12(10)14-7-13-11/h6-8H,4-5H2,1-3H3,(H,13,14,15). The minimum Gasteiger partial charge on any atom is -0.367 e. The van der Waals surface area contributed by atoms with Gasteiger partial charge in [0.15, 0.2) is 0 Å². The lowest BCUT2D eigenvalue weighted by Crippen LogP contribution is -2.14. The molecule has 0 spiro atoms. The van der Waals surface area contributed by atoms with Gasteiger partial charge in [-0.3, -0.25) is 0 Å². The Kier molecular flexibility index (Phi) is 3.39. The van der Waals surface area contributed by atoms with Crippen LogP contribution in [0.4, 0.5) is 5.82 Å². The van der Waals surface area contributed by atoms with E-state index in [1.54, 1.807) is 17.7 Å². The molecule has 1 atom stereocenters. The predicted molar refractivity (Wildman–Crippen MR) is 70.2 cm³/mol. The first kappa shape index (κ1) is 11.3. The molecule has 3 nitrogen and oxygen atoms in total. The summed E-state index contributed by atoms with van der Waals surface area (Å²) in [4.78, 5) is 11.1. The number of thiophene rings is 1. The Labute approximate surface area is 99.9 Å². The zero-order chi connectivity index (χ0) is 11.5. The Hall–Kier alpha value is -1.16. The molecular formula is C12H17N3S. The van der Waals surface area contributed by atoms with Crippen molar-refractivity contribution in [2.45, 2.75) is 39.7 Å². The van der Waals surface area contributed by atoms with Crippen LogP contribution in [0.5, 0.6) is 0 Å². The Balaban J connectivity index is 2.40. The molecule has 0 bridgehead atoms. The molecule has 1 N–H and O–H groups in total. The summed E-state index contributed by atoms with van der Waals surface area (Å²) in [6, 6.07) is 2.65. The van der Waals surface area contributed by atoms with Crippen LogP contribution in [0.25, 0.3) is 10.2 Å². The number of nitrogens with zero attached hydrogens (tertiary/aromatic N) is 2. The smallest absolute Gasteiger partial charge is 0.138 e. The maximum atomic E-state index is 4.33. The van der Waals surface area contributed by atoms with Crippen molar-refractivity contribution in [2.75, 3.05) is 5.32 Å². The monoisotopic (exact) mass is 235 g/mol. The van der Waals surface area contributed by atoms with Crippen molar-refractivity contribution in [3.05, 3.63) is 17.3 Å². The molecule has 0 aliphatic heterocycles. The van der Waals surface area contributed by atoms with Gasteiger partial charge in [0.05, 0.1) is 5.39 Å². The molecule has 0 saturated heterocycles. The Morgan fingerprint density at radius 1 is 1.38 bits per heavy atom. The Morgan fingerprint density at radius 3 is 2.88 bits per heavy atom. The van der Waals surface area contributed by atoms with Crippen LogP contribution in [0, 0.1) is 0 Å². The SMILES string of the molecule is CCc1cc2c(NC(C)CC)ncnc2s1. The minimum atomic E-state index is 0.447. The third-order valence-corrected chi connectivity index (χ3v) is 3.91. The number of fused-ring (bicyclic) bond motifs is 1. The number of rotatable bonds is 4. The van der Waals surface area contributed by atoms with Gasteiger partial charge in [0.25, 0.3) is 0 Å². The van der Waals surface area contributed by atoms with Gasteiger partial charge in [0.2, 0.25) is 0 Å². The summed E-state index contributed by atoms with van der Waals surface area (Å²) in [5.74, 6) is 0.968. The molecule has 0 saturated carbocycles. The van der Waals surface area contributed by atoms with Gasteiger partial charge >= 0.3 is 0 Å². The molecule has 4 heteroatoms. The number of nitrogens with one attached hydrogen (secondary N) is 1. The fourth-order valence-electron chi connectivity index (χ4n) is 1.53. The average Bonchev–Trinajstić information content (AvgIpc) is 2.73. The molecule has 2 aromatic rings. The van der Waals surface area contributed by atoms with E-state index in [2.05, 4.69) is 42.1 Å². The zero-order valence-corrected chi connectivity index (χ0v) is 10.8. The molecule has 0 fully saturated rings. The van der Waals surface area contributed by atoms with E-state index in [0.29, 0.717) is 6.04 Å². The van der Waals surface area contributed by atoms with Gasteiger partial charge in [-0.25, -0.2) is 9.97 Å².